The minimum atomic E-state index is 0.906. The van der Waals surface area contributed by atoms with Gasteiger partial charge in [0.2, 0.25) is 5.88 Å². The Kier molecular flexibility index (Phi) is 3.23. The van der Waals surface area contributed by atoms with Crippen LogP contribution >= 0.6 is 0 Å². The number of benzene rings is 3. The molecule has 0 saturated heterocycles. The summed E-state index contributed by atoms with van der Waals surface area (Å²) in [6, 6.07) is 21.5. The maximum atomic E-state index is 6.38. The van der Waals surface area contributed by atoms with Gasteiger partial charge in [0, 0.05) is 17.4 Å². The number of hydrogen-bond acceptors (Lipinski definition) is 2. The molecule has 0 N–H and O–H groups in total. The number of nitrogens with zero attached hydrogens (tertiary/aromatic N) is 1. The van der Waals surface area contributed by atoms with E-state index in [2.05, 4.69) is 80.3 Å². The van der Waals surface area contributed by atoms with Crippen molar-refractivity contribution in [2.75, 3.05) is 4.90 Å². The molecule has 4 aromatic rings. The van der Waals surface area contributed by atoms with Crippen LogP contribution in [0.15, 0.2) is 65.1 Å². The average Bonchev–Trinajstić information content (AvgIpc) is 2.99. The van der Waals surface area contributed by atoms with Gasteiger partial charge in [-0.1, -0.05) is 54.1 Å². The standard InChI is InChI=1S/C24H21NO/c1-15-12-16(2)23(17(3)13-15)25-21-10-6-4-8-18(21)14-20-19-9-5-7-11-22(19)26-24(20)25/h4-13H,14H2,1-3H3. The first-order chi connectivity index (χ1) is 12.6. The summed E-state index contributed by atoms with van der Waals surface area (Å²) in [5.41, 5.74) is 9.84. The Morgan fingerprint density at radius 1 is 0.846 bits per heavy atom. The van der Waals surface area contributed by atoms with E-state index in [1.807, 2.05) is 6.07 Å². The van der Waals surface area contributed by atoms with Crippen molar-refractivity contribution in [2.45, 2.75) is 27.2 Å². The molecule has 2 nitrogen and oxygen atoms in total. The van der Waals surface area contributed by atoms with E-state index in [0.717, 1.165) is 17.9 Å². The molecule has 0 fully saturated rings. The topological polar surface area (TPSA) is 16.4 Å². The zero-order valence-corrected chi connectivity index (χ0v) is 15.3. The summed E-state index contributed by atoms with van der Waals surface area (Å²) in [4.78, 5) is 2.32. The molecule has 128 valence electrons. The molecule has 2 heteroatoms. The summed E-state index contributed by atoms with van der Waals surface area (Å²) in [6.07, 6.45) is 0.906. The van der Waals surface area contributed by atoms with Crippen molar-refractivity contribution in [1.29, 1.82) is 0 Å². The van der Waals surface area contributed by atoms with E-state index in [0.29, 0.717) is 0 Å². The molecule has 0 amide bonds. The van der Waals surface area contributed by atoms with E-state index in [4.69, 9.17) is 4.42 Å². The number of aryl methyl sites for hydroxylation is 3. The van der Waals surface area contributed by atoms with Crippen LogP contribution in [0.5, 0.6) is 0 Å². The Balaban J connectivity index is 1.86. The summed E-state index contributed by atoms with van der Waals surface area (Å²) in [7, 11) is 0. The zero-order chi connectivity index (χ0) is 17.8. The molecule has 0 unspecified atom stereocenters. The van der Waals surface area contributed by atoms with Crippen LogP contribution in [0.2, 0.25) is 0 Å². The Morgan fingerprint density at radius 3 is 2.35 bits per heavy atom. The molecule has 26 heavy (non-hydrogen) atoms. The average molecular weight is 339 g/mol. The molecular formula is C24H21NO. The molecule has 1 aliphatic heterocycles. The summed E-state index contributed by atoms with van der Waals surface area (Å²) in [6.45, 7) is 6.53. The van der Waals surface area contributed by atoms with Crippen LogP contribution in [0.25, 0.3) is 11.0 Å². The normalized spacial score (nSPS) is 13.0. The van der Waals surface area contributed by atoms with Gasteiger partial charge in [0.1, 0.15) is 5.58 Å². The van der Waals surface area contributed by atoms with Crippen LogP contribution in [0, 0.1) is 20.8 Å². The van der Waals surface area contributed by atoms with Gasteiger partial charge in [-0.05, 0) is 49.6 Å². The molecule has 0 saturated carbocycles. The molecular weight excluding hydrogens is 318 g/mol. The van der Waals surface area contributed by atoms with Gasteiger partial charge in [-0.3, -0.25) is 4.90 Å². The summed E-state index contributed by atoms with van der Waals surface area (Å²) in [5, 5.41) is 1.21. The van der Waals surface area contributed by atoms with E-state index in [1.54, 1.807) is 0 Å². The second-order valence-corrected chi connectivity index (χ2v) is 7.27. The zero-order valence-electron chi connectivity index (χ0n) is 15.3. The quantitative estimate of drug-likeness (QED) is 0.336. The van der Waals surface area contributed by atoms with Crippen molar-refractivity contribution in [1.82, 2.24) is 0 Å². The lowest BCUT2D eigenvalue weighted by Gasteiger charge is -2.32. The van der Waals surface area contributed by atoms with Crippen LogP contribution in [0.4, 0.5) is 17.3 Å². The molecule has 2 heterocycles. The third-order valence-electron chi connectivity index (χ3n) is 5.34. The molecule has 0 atom stereocenters. The van der Waals surface area contributed by atoms with Crippen molar-refractivity contribution in [3.8, 4) is 0 Å². The molecule has 3 aromatic carbocycles. The van der Waals surface area contributed by atoms with Gasteiger partial charge in [-0.25, -0.2) is 0 Å². The van der Waals surface area contributed by atoms with Crippen LogP contribution in [-0.2, 0) is 6.42 Å². The van der Waals surface area contributed by atoms with Gasteiger partial charge in [-0.15, -0.1) is 0 Å². The van der Waals surface area contributed by atoms with Gasteiger partial charge in [-0.2, -0.15) is 0 Å². The second-order valence-electron chi connectivity index (χ2n) is 7.27. The highest BCUT2D eigenvalue weighted by Crippen LogP contribution is 2.49. The highest BCUT2D eigenvalue weighted by molar-refractivity contribution is 5.94. The summed E-state index contributed by atoms with van der Waals surface area (Å²) < 4.78 is 6.38. The summed E-state index contributed by atoms with van der Waals surface area (Å²) in [5.74, 6) is 0.958. The van der Waals surface area contributed by atoms with Gasteiger partial charge in [0.25, 0.3) is 0 Å². The third kappa shape index (κ3) is 2.12. The Bertz CT molecular complexity index is 1130. The molecule has 0 aliphatic carbocycles. The molecule has 0 bridgehead atoms. The first-order valence-electron chi connectivity index (χ1n) is 9.10. The largest absolute Gasteiger partial charge is 0.439 e. The Hall–Kier alpha value is -3.00. The van der Waals surface area contributed by atoms with E-state index >= 15 is 0 Å². The van der Waals surface area contributed by atoms with Crippen LogP contribution in [-0.4, -0.2) is 0 Å². The lowest BCUT2D eigenvalue weighted by atomic mass is 9.95. The highest BCUT2D eigenvalue weighted by atomic mass is 16.4. The van der Waals surface area contributed by atoms with E-state index in [-0.39, 0.29) is 0 Å². The monoisotopic (exact) mass is 339 g/mol. The number of hydrogen-bond donors (Lipinski definition) is 0. The highest BCUT2D eigenvalue weighted by Gasteiger charge is 2.30. The Morgan fingerprint density at radius 2 is 1.54 bits per heavy atom. The fourth-order valence-electron chi connectivity index (χ4n) is 4.36. The minimum absolute atomic E-state index is 0.906. The van der Waals surface area contributed by atoms with Crippen LogP contribution in [0.3, 0.4) is 0 Å². The second kappa shape index (κ2) is 5.50. The fraction of sp³-hybridized carbons (Fsp3) is 0.167. The van der Waals surface area contributed by atoms with Crippen molar-refractivity contribution in [3.05, 3.63) is 88.5 Å². The van der Waals surface area contributed by atoms with Crippen molar-refractivity contribution >= 4 is 28.2 Å². The van der Waals surface area contributed by atoms with Gasteiger partial charge < -0.3 is 4.42 Å². The number of fused-ring (bicyclic) bond motifs is 4. The van der Waals surface area contributed by atoms with E-state index in [1.165, 1.54) is 44.6 Å². The predicted octanol–water partition coefficient (Wildman–Crippen LogP) is 6.73. The summed E-state index contributed by atoms with van der Waals surface area (Å²) >= 11 is 0. The maximum absolute atomic E-state index is 6.38. The first kappa shape index (κ1) is 15.3. The first-order valence-corrected chi connectivity index (χ1v) is 9.10. The van der Waals surface area contributed by atoms with Gasteiger partial charge >= 0.3 is 0 Å². The maximum Gasteiger partial charge on any atom is 0.209 e. The molecule has 1 aromatic heterocycles. The van der Waals surface area contributed by atoms with Gasteiger partial charge in [0.05, 0.1) is 11.4 Å². The fourth-order valence-corrected chi connectivity index (χ4v) is 4.36. The lowest BCUT2D eigenvalue weighted by molar-refractivity contribution is 0.613. The number of furan rings is 1. The molecule has 5 rings (SSSR count). The van der Waals surface area contributed by atoms with Crippen LogP contribution in [0.1, 0.15) is 27.8 Å². The Labute approximate surface area is 153 Å². The number of para-hydroxylation sites is 2. The third-order valence-corrected chi connectivity index (χ3v) is 5.34. The number of rotatable bonds is 1. The van der Waals surface area contributed by atoms with Crippen molar-refractivity contribution in [3.63, 3.8) is 0 Å². The van der Waals surface area contributed by atoms with Crippen molar-refractivity contribution in [2.24, 2.45) is 0 Å². The predicted molar refractivity (Wildman–Crippen MR) is 108 cm³/mol. The number of anilines is 3. The molecule has 0 spiro atoms. The SMILES string of the molecule is Cc1cc(C)c(N2c3ccccc3Cc3c2oc2ccccc32)c(C)c1. The van der Waals surface area contributed by atoms with Gasteiger partial charge in [0.15, 0.2) is 0 Å². The van der Waals surface area contributed by atoms with E-state index in [9.17, 15) is 0 Å². The van der Waals surface area contributed by atoms with Crippen LogP contribution < -0.4 is 4.90 Å². The van der Waals surface area contributed by atoms with E-state index < -0.39 is 0 Å². The minimum Gasteiger partial charge on any atom is -0.439 e. The smallest absolute Gasteiger partial charge is 0.209 e. The molecule has 1 aliphatic rings. The lowest BCUT2D eigenvalue weighted by Crippen LogP contribution is -2.19. The molecule has 0 radical (unpaired) electrons. The van der Waals surface area contributed by atoms with Crippen molar-refractivity contribution < 1.29 is 4.42 Å².